The molecule has 0 amide bonds. The number of rotatable bonds is 5. The van der Waals surface area contributed by atoms with Crippen LogP contribution in [0.4, 0.5) is 0 Å². The molecule has 0 radical (unpaired) electrons. The van der Waals surface area contributed by atoms with E-state index < -0.39 is 27.0 Å². The molecule has 22 heavy (non-hydrogen) atoms. The maximum Gasteiger partial charge on any atom is 0.335 e. The molecule has 0 aliphatic rings. The molecule has 0 fully saturated rings. The van der Waals surface area contributed by atoms with Crippen molar-refractivity contribution in [3.63, 3.8) is 0 Å². The molecule has 2 aromatic carbocycles. The summed E-state index contributed by atoms with van der Waals surface area (Å²) < 4.78 is 25.1. The lowest BCUT2D eigenvalue weighted by molar-refractivity contribution is -0.136. The standard InChI is InChI=1S/C15H12O6S/c16-14(17)11-6-8-12(9-7-11)22(20,21)13(15(18)19)10-4-2-1-3-5-10/h1-9,13H,(H,16,17)(H,18,19). The minimum Gasteiger partial charge on any atom is -0.480 e. The van der Waals surface area contributed by atoms with Gasteiger partial charge in [0.05, 0.1) is 10.5 Å². The predicted octanol–water partition coefficient (Wildman–Crippen LogP) is 1.98. The van der Waals surface area contributed by atoms with Crippen LogP contribution in [0.3, 0.4) is 0 Å². The third-order valence-corrected chi connectivity index (χ3v) is 5.09. The van der Waals surface area contributed by atoms with Gasteiger partial charge in [0.25, 0.3) is 0 Å². The fourth-order valence-electron chi connectivity index (χ4n) is 2.01. The van der Waals surface area contributed by atoms with Gasteiger partial charge in [-0.1, -0.05) is 30.3 Å². The summed E-state index contributed by atoms with van der Waals surface area (Å²) in [5.41, 5.74) is 0.0582. The van der Waals surface area contributed by atoms with Gasteiger partial charge in [-0.25, -0.2) is 13.2 Å². The average Bonchev–Trinajstić information content (AvgIpc) is 2.48. The van der Waals surface area contributed by atoms with E-state index in [0.29, 0.717) is 0 Å². The molecule has 0 spiro atoms. The van der Waals surface area contributed by atoms with Gasteiger partial charge in [-0.2, -0.15) is 0 Å². The van der Waals surface area contributed by atoms with Crippen molar-refractivity contribution in [1.29, 1.82) is 0 Å². The minimum absolute atomic E-state index is 0.0782. The van der Waals surface area contributed by atoms with Gasteiger partial charge in [0, 0.05) is 0 Å². The lowest BCUT2D eigenvalue weighted by Gasteiger charge is -2.14. The average molecular weight is 320 g/mol. The summed E-state index contributed by atoms with van der Waals surface area (Å²) in [5, 5.41) is 16.4. The van der Waals surface area contributed by atoms with Gasteiger partial charge in [-0.3, -0.25) is 4.79 Å². The van der Waals surface area contributed by atoms with Crippen molar-refractivity contribution in [2.75, 3.05) is 0 Å². The molecule has 6 nitrogen and oxygen atoms in total. The van der Waals surface area contributed by atoms with Crippen molar-refractivity contribution in [2.24, 2.45) is 0 Å². The number of hydrogen-bond donors (Lipinski definition) is 2. The Kier molecular flexibility index (Phi) is 4.27. The Morgan fingerprint density at radius 1 is 0.864 bits per heavy atom. The zero-order valence-electron chi connectivity index (χ0n) is 11.2. The van der Waals surface area contributed by atoms with Gasteiger partial charge in [0.15, 0.2) is 15.1 Å². The zero-order valence-corrected chi connectivity index (χ0v) is 12.0. The zero-order chi connectivity index (χ0) is 16.3. The second-order valence-corrected chi connectivity index (χ2v) is 6.54. The summed E-state index contributed by atoms with van der Waals surface area (Å²) in [6.07, 6.45) is 0. The normalized spacial score (nSPS) is 12.5. The molecule has 0 bridgehead atoms. The van der Waals surface area contributed by atoms with Gasteiger partial charge in [-0.15, -0.1) is 0 Å². The Hall–Kier alpha value is -2.67. The maximum absolute atomic E-state index is 12.5. The fourth-order valence-corrected chi connectivity index (χ4v) is 3.57. The van der Waals surface area contributed by atoms with E-state index >= 15 is 0 Å². The Balaban J connectivity index is 2.51. The number of aromatic carboxylic acids is 1. The largest absolute Gasteiger partial charge is 0.480 e. The van der Waals surface area contributed by atoms with Crippen molar-refractivity contribution in [1.82, 2.24) is 0 Å². The van der Waals surface area contributed by atoms with E-state index in [1.54, 1.807) is 18.2 Å². The van der Waals surface area contributed by atoms with Crippen molar-refractivity contribution in [3.05, 3.63) is 65.7 Å². The molecule has 0 saturated heterocycles. The fraction of sp³-hybridized carbons (Fsp3) is 0.0667. The van der Waals surface area contributed by atoms with E-state index in [9.17, 15) is 23.1 Å². The monoisotopic (exact) mass is 320 g/mol. The first kappa shape index (κ1) is 15.7. The van der Waals surface area contributed by atoms with Crippen molar-refractivity contribution in [2.45, 2.75) is 10.1 Å². The van der Waals surface area contributed by atoms with Crippen LogP contribution in [0.5, 0.6) is 0 Å². The number of carboxylic acid groups (broad SMARTS) is 2. The van der Waals surface area contributed by atoms with Crippen LogP contribution < -0.4 is 0 Å². The number of hydrogen-bond acceptors (Lipinski definition) is 4. The van der Waals surface area contributed by atoms with Crippen molar-refractivity contribution >= 4 is 21.8 Å². The van der Waals surface area contributed by atoms with E-state index in [-0.39, 0.29) is 16.0 Å². The number of sulfone groups is 1. The predicted molar refractivity (Wildman–Crippen MR) is 77.4 cm³/mol. The summed E-state index contributed by atoms with van der Waals surface area (Å²) in [4.78, 5) is 22.0. The number of carboxylic acids is 2. The SMILES string of the molecule is O=C(O)c1ccc(S(=O)(=O)C(C(=O)O)c2ccccc2)cc1. The second-order valence-electron chi connectivity index (χ2n) is 4.50. The van der Waals surface area contributed by atoms with Crippen LogP contribution in [0.25, 0.3) is 0 Å². The van der Waals surface area contributed by atoms with Crippen LogP contribution >= 0.6 is 0 Å². The molecule has 114 valence electrons. The molecule has 0 aliphatic heterocycles. The summed E-state index contributed by atoms with van der Waals surface area (Å²) in [6.45, 7) is 0. The Morgan fingerprint density at radius 3 is 1.86 bits per heavy atom. The first-order chi connectivity index (χ1) is 10.3. The lowest BCUT2D eigenvalue weighted by Crippen LogP contribution is -2.22. The van der Waals surface area contributed by atoms with Crippen molar-refractivity contribution in [3.8, 4) is 0 Å². The van der Waals surface area contributed by atoms with E-state index in [4.69, 9.17) is 5.11 Å². The third-order valence-electron chi connectivity index (χ3n) is 3.07. The molecule has 2 aromatic rings. The van der Waals surface area contributed by atoms with Crippen LogP contribution in [-0.2, 0) is 14.6 Å². The second kappa shape index (κ2) is 5.98. The van der Waals surface area contributed by atoms with E-state index in [2.05, 4.69) is 0 Å². The molecular formula is C15H12O6S. The summed E-state index contributed by atoms with van der Waals surface area (Å²) in [6, 6.07) is 12.0. The molecule has 0 saturated carbocycles. The van der Waals surface area contributed by atoms with E-state index in [1.807, 2.05) is 0 Å². The highest BCUT2D eigenvalue weighted by atomic mass is 32.2. The maximum atomic E-state index is 12.5. The highest BCUT2D eigenvalue weighted by molar-refractivity contribution is 7.92. The molecule has 0 heterocycles. The first-order valence-electron chi connectivity index (χ1n) is 6.19. The number of benzene rings is 2. The molecule has 2 N–H and O–H groups in total. The molecule has 0 aromatic heterocycles. The Bertz CT molecular complexity index is 794. The van der Waals surface area contributed by atoms with Crippen LogP contribution in [-0.4, -0.2) is 30.6 Å². The Morgan fingerprint density at radius 2 is 1.41 bits per heavy atom. The summed E-state index contributed by atoms with van der Waals surface area (Å²) >= 11 is 0. The third kappa shape index (κ3) is 2.99. The Labute approximate surface area is 126 Å². The highest BCUT2D eigenvalue weighted by Crippen LogP contribution is 2.29. The van der Waals surface area contributed by atoms with Gasteiger partial charge < -0.3 is 10.2 Å². The smallest absolute Gasteiger partial charge is 0.335 e. The molecular weight excluding hydrogens is 308 g/mol. The van der Waals surface area contributed by atoms with Gasteiger partial charge >= 0.3 is 11.9 Å². The topological polar surface area (TPSA) is 109 Å². The van der Waals surface area contributed by atoms with Crippen LogP contribution in [0, 0.1) is 0 Å². The molecule has 2 rings (SSSR count). The molecule has 7 heteroatoms. The lowest BCUT2D eigenvalue weighted by atomic mass is 10.1. The first-order valence-corrected chi connectivity index (χ1v) is 7.73. The van der Waals surface area contributed by atoms with Crippen LogP contribution in [0.1, 0.15) is 21.2 Å². The van der Waals surface area contributed by atoms with E-state index in [1.165, 1.54) is 12.1 Å². The summed E-state index contributed by atoms with van der Waals surface area (Å²) in [5.74, 6) is -2.68. The van der Waals surface area contributed by atoms with Gasteiger partial charge in [0.1, 0.15) is 0 Å². The van der Waals surface area contributed by atoms with Crippen molar-refractivity contribution < 1.29 is 28.2 Å². The van der Waals surface area contributed by atoms with Gasteiger partial charge in [-0.05, 0) is 29.8 Å². The molecule has 0 aliphatic carbocycles. The highest BCUT2D eigenvalue weighted by Gasteiger charge is 2.35. The quantitative estimate of drug-likeness (QED) is 0.872. The van der Waals surface area contributed by atoms with E-state index in [0.717, 1.165) is 24.3 Å². The number of carbonyl (C=O) groups is 2. The summed E-state index contributed by atoms with van der Waals surface area (Å²) in [7, 11) is -4.19. The number of aliphatic carboxylic acids is 1. The molecule has 1 unspecified atom stereocenters. The molecule has 1 atom stereocenters. The van der Waals surface area contributed by atoms with Gasteiger partial charge in [0.2, 0.25) is 0 Å². The van der Waals surface area contributed by atoms with Crippen LogP contribution in [0.2, 0.25) is 0 Å². The van der Waals surface area contributed by atoms with Crippen LogP contribution in [0.15, 0.2) is 59.5 Å². The minimum atomic E-state index is -4.19.